The van der Waals surface area contributed by atoms with E-state index in [-0.39, 0.29) is 12.0 Å². The molecule has 17 heavy (non-hydrogen) atoms. The van der Waals surface area contributed by atoms with Gasteiger partial charge in [-0.3, -0.25) is 0 Å². The summed E-state index contributed by atoms with van der Waals surface area (Å²) in [5, 5.41) is 0. The molecule has 1 aromatic carbocycles. The van der Waals surface area contributed by atoms with E-state index in [1.807, 2.05) is 25.1 Å². The first-order valence-electron chi connectivity index (χ1n) is 5.87. The third-order valence-corrected chi connectivity index (χ3v) is 3.33. The second-order valence-electron chi connectivity index (χ2n) is 4.34. The molecule has 2 N–H and O–H groups in total. The van der Waals surface area contributed by atoms with Crippen molar-refractivity contribution >= 4 is 17.3 Å². The third kappa shape index (κ3) is 2.07. The number of fused-ring (bicyclic) bond motifs is 1. The molecule has 4 nitrogen and oxygen atoms in total. The Hall–Kier alpha value is -1.71. The maximum absolute atomic E-state index is 11.6. The smallest absolute Gasteiger partial charge is 0.328 e. The maximum atomic E-state index is 11.6. The van der Waals surface area contributed by atoms with E-state index in [1.54, 1.807) is 0 Å². The highest BCUT2D eigenvalue weighted by atomic mass is 16.5. The highest BCUT2D eigenvalue weighted by Crippen LogP contribution is 2.32. The highest BCUT2D eigenvalue weighted by molar-refractivity contribution is 5.81. The number of ether oxygens (including phenoxy) is 1. The van der Waals surface area contributed by atoms with Gasteiger partial charge in [-0.05, 0) is 37.5 Å². The Morgan fingerprint density at radius 3 is 3.00 bits per heavy atom. The van der Waals surface area contributed by atoms with Crippen LogP contribution in [0.15, 0.2) is 18.2 Å². The molecule has 0 amide bonds. The molecule has 0 saturated carbocycles. The summed E-state index contributed by atoms with van der Waals surface area (Å²) in [6.07, 6.45) is 1.99. The number of nitrogen functional groups attached to an aromatic ring is 1. The molecule has 0 fully saturated rings. The van der Waals surface area contributed by atoms with E-state index >= 15 is 0 Å². The van der Waals surface area contributed by atoms with Gasteiger partial charge in [0.1, 0.15) is 6.04 Å². The summed E-state index contributed by atoms with van der Waals surface area (Å²) in [7, 11) is 1.42. The largest absolute Gasteiger partial charge is 0.467 e. The fourth-order valence-corrected chi connectivity index (χ4v) is 2.38. The summed E-state index contributed by atoms with van der Waals surface area (Å²) in [6, 6.07) is 5.59. The fraction of sp³-hybridized carbons (Fsp3) is 0.462. The van der Waals surface area contributed by atoms with Crippen molar-refractivity contribution in [3.05, 3.63) is 23.8 Å². The van der Waals surface area contributed by atoms with Crippen LogP contribution in [0, 0.1) is 0 Å². The summed E-state index contributed by atoms with van der Waals surface area (Å²) in [5.41, 5.74) is 8.99. The van der Waals surface area contributed by atoms with Crippen molar-refractivity contribution in [2.75, 3.05) is 24.3 Å². The number of nitrogens with two attached hydrogens (primary N) is 1. The third-order valence-electron chi connectivity index (χ3n) is 3.33. The Morgan fingerprint density at radius 1 is 1.53 bits per heavy atom. The standard InChI is InChI=1S/C13H18N2O2/c1-9(13(16)17-2)15-8-4-5-10-11(14)6-3-7-12(10)15/h3,6-7,9H,4-5,8,14H2,1-2H3. The Kier molecular flexibility index (Phi) is 3.22. The number of carbonyl (C=O) groups is 1. The molecule has 0 aromatic heterocycles. The lowest BCUT2D eigenvalue weighted by Gasteiger charge is -2.35. The molecular formula is C13H18N2O2. The van der Waals surface area contributed by atoms with Crippen molar-refractivity contribution in [1.29, 1.82) is 0 Å². The minimum absolute atomic E-state index is 0.208. The normalized spacial score (nSPS) is 16.2. The van der Waals surface area contributed by atoms with Gasteiger partial charge in [0, 0.05) is 17.9 Å². The SMILES string of the molecule is COC(=O)C(C)N1CCCc2c(N)cccc21. The van der Waals surface area contributed by atoms with Crippen LogP contribution in [0.5, 0.6) is 0 Å². The second-order valence-corrected chi connectivity index (χ2v) is 4.34. The number of carbonyl (C=O) groups excluding carboxylic acids is 1. The number of rotatable bonds is 2. The van der Waals surface area contributed by atoms with Crippen molar-refractivity contribution in [3.8, 4) is 0 Å². The number of esters is 1. The van der Waals surface area contributed by atoms with Crippen LogP contribution in [0.2, 0.25) is 0 Å². The zero-order valence-corrected chi connectivity index (χ0v) is 10.3. The van der Waals surface area contributed by atoms with Gasteiger partial charge in [0.05, 0.1) is 7.11 Å². The first kappa shape index (κ1) is 11.8. The molecule has 0 saturated heterocycles. The van der Waals surface area contributed by atoms with E-state index in [0.717, 1.165) is 36.3 Å². The van der Waals surface area contributed by atoms with Gasteiger partial charge in [-0.15, -0.1) is 0 Å². The van der Waals surface area contributed by atoms with Gasteiger partial charge in [0.15, 0.2) is 0 Å². The van der Waals surface area contributed by atoms with E-state index in [9.17, 15) is 4.79 Å². The highest BCUT2D eigenvalue weighted by Gasteiger charge is 2.27. The Morgan fingerprint density at radius 2 is 2.29 bits per heavy atom. The molecule has 1 atom stereocenters. The van der Waals surface area contributed by atoms with E-state index < -0.39 is 0 Å². The molecule has 4 heteroatoms. The molecule has 1 aliphatic heterocycles. The van der Waals surface area contributed by atoms with E-state index in [1.165, 1.54) is 7.11 Å². The summed E-state index contributed by atoms with van der Waals surface area (Å²) in [6.45, 7) is 2.73. The number of hydrogen-bond donors (Lipinski definition) is 1. The van der Waals surface area contributed by atoms with E-state index in [0.29, 0.717) is 0 Å². The van der Waals surface area contributed by atoms with Crippen molar-refractivity contribution in [2.24, 2.45) is 0 Å². The second kappa shape index (κ2) is 4.65. The molecule has 92 valence electrons. The minimum atomic E-state index is -0.263. The molecule has 1 unspecified atom stereocenters. The zero-order chi connectivity index (χ0) is 12.4. The Bertz CT molecular complexity index is 431. The van der Waals surface area contributed by atoms with Crippen LogP contribution in [0.4, 0.5) is 11.4 Å². The fourth-order valence-electron chi connectivity index (χ4n) is 2.38. The first-order chi connectivity index (χ1) is 8.15. The van der Waals surface area contributed by atoms with Crippen molar-refractivity contribution in [2.45, 2.75) is 25.8 Å². The lowest BCUT2D eigenvalue weighted by atomic mass is 9.98. The van der Waals surface area contributed by atoms with Gasteiger partial charge < -0.3 is 15.4 Å². The van der Waals surface area contributed by atoms with Gasteiger partial charge in [-0.2, -0.15) is 0 Å². The zero-order valence-electron chi connectivity index (χ0n) is 10.3. The number of methoxy groups -OCH3 is 1. The lowest BCUT2D eigenvalue weighted by Crippen LogP contribution is -2.42. The first-order valence-corrected chi connectivity index (χ1v) is 5.87. The predicted octanol–water partition coefficient (Wildman–Crippen LogP) is 1.58. The Labute approximate surface area is 101 Å². The van der Waals surface area contributed by atoms with Crippen LogP contribution in [-0.4, -0.2) is 25.7 Å². The average molecular weight is 234 g/mol. The molecule has 0 aliphatic carbocycles. The number of anilines is 2. The van der Waals surface area contributed by atoms with Gasteiger partial charge in [-0.1, -0.05) is 6.07 Å². The quantitative estimate of drug-likeness (QED) is 0.623. The maximum Gasteiger partial charge on any atom is 0.328 e. The number of hydrogen-bond acceptors (Lipinski definition) is 4. The molecule has 0 bridgehead atoms. The minimum Gasteiger partial charge on any atom is -0.467 e. The van der Waals surface area contributed by atoms with Crippen LogP contribution in [0.1, 0.15) is 18.9 Å². The van der Waals surface area contributed by atoms with Crippen LogP contribution in [0.3, 0.4) is 0 Å². The average Bonchev–Trinajstić information content (AvgIpc) is 2.37. The summed E-state index contributed by atoms with van der Waals surface area (Å²) in [4.78, 5) is 13.7. The van der Waals surface area contributed by atoms with Crippen LogP contribution < -0.4 is 10.6 Å². The number of nitrogens with zero attached hydrogens (tertiary/aromatic N) is 1. The molecule has 0 spiro atoms. The topological polar surface area (TPSA) is 55.6 Å². The van der Waals surface area contributed by atoms with Crippen molar-refractivity contribution in [1.82, 2.24) is 0 Å². The summed E-state index contributed by atoms with van der Waals surface area (Å²) >= 11 is 0. The van der Waals surface area contributed by atoms with Crippen molar-refractivity contribution < 1.29 is 9.53 Å². The molecule has 1 aliphatic rings. The van der Waals surface area contributed by atoms with Gasteiger partial charge in [-0.25, -0.2) is 4.79 Å². The van der Waals surface area contributed by atoms with E-state index in [2.05, 4.69) is 4.90 Å². The lowest BCUT2D eigenvalue weighted by molar-refractivity contribution is -0.141. The Balaban J connectivity index is 2.35. The molecule has 0 radical (unpaired) electrons. The van der Waals surface area contributed by atoms with Crippen molar-refractivity contribution in [3.63, 3.8) is 0 Å². The molecular weight excluding hydrogens is 216 g/mol. The summed E-state index contributed by atoms with van der Waals surface area (Å²) in [5.74, 6) is -0.208. The summed E-state index contributed by atoms with van der Waals surface area (Å²) < 4.78 is 4.80. The monoisotopic (exact) mass is 234 g/mol. The number of benzene rings is 1. The van der Waals surface area contributed by atoms with Gasteiger partial charge >= 0.3 is 5.97 Å². The molecule has 1 aromatic rings. The van der Waals surface area contributed by atoms with Gasteiger partial charge in [0.2, 0.25) is 0 Å². The van der Waals surface area contributed by atoms with Crippen LogP contribution >= 0.6 is 0 Å². The molecule has 2 rings (SSSR count). The molecule has 1 heterocycles. The van der Waals surface area contributed by atoms with Gasteiger partial charge in [0.25, 0.3) is 0 Å². The van der Waals surface area contributed by atoms with Crippen LogP contribution in [-0.2, 0) is 16.0 Å². The predicted molar refractivity (Wildman–Crippen MR) is 68.0 cm³/mol. The van der Waals surface area contributed by atoms with Crippen LogP contribution in [0.25, 0.3) is 0 Å². The van der Waals surface area contributed by atoms with E-state index in [4.69, 9.17) is 10.5 Å².